The molecule has 0 unspecified atom stereocenters. The summed E-state index contributed by atoms with van der Waals surface area (Å²) >= 11 is 0. The van der Waals surface area contributed by atoms with E-state index in [4.69, 9.17) is 14.2 Å². The van der Waals surface area contributed by atoms with Crippen molar-refractivity contribution in [1.82, 2.24) is 0 Å². The molecule has 0 aromatic carbocycles. The van der Waals surface area contributed by atoms with Crippen LogP contribution in [0.15, 0.2) is 0 Å². The number of ether oxygens (including phenoxy) is 3. The van der Waals surface area contributed by atoms with Gasteiger partial charge in [-0.3, -0.25) is 0 Å². The van der Waals surface area contributed by atoms with Crippen LogP contribution in [0.5, 0.6) is 0 Å². The summed E-state index contributed by atoms with van der Waals surface area (Å²) in [5.41, 5.74) is 0. The van der Waals surface area contributed by atoms with E-state index in [0.717, 1.165) is 0 Å². The SMILES string of the molecule is O[C@@H]1COC[C@@H]1O[C@H]1COC[C@H]1O. The molecule has 2 saturated heterocycles. The smallest absolute Gasteiger partial charge is 0.110 e. The fourth-order valence-electron chi connectivity index (χ4n) is 1.53. The number of aliphatic hydroxyl groups excluding tert-OH is 2. The Balaban J connectivity index is 1.82. The van der Waals surface area contributed by atoms with Gasteiger partial charge in [0.1, 0.15) is 24.4 Å². The Morgan fingerprint density at radius 3 is 1.62 bits per heavy atom. The average Bonchev–Trinajstić information content (AvgIpc) is 2.65. The third kappa shape index (κ3) is 2.00. The van der Waals surface area contributed by atoms with Crippen LogP contribution in [-0.4, -0.2) is 61.1 Å². The molecule has 2 aliphatic rings. The molecule has 0 amide bonds. The molecule has 5 nitrogen and oxygen atoms in total. The second kappa shape index (κ2) is 3.89. The fraction of sp³-hybridized carbons (Fsp3) is 1.00. The van der Waals surface area contributed by atoms with Crippen LogP contribution in [0.3, 0.4) is 0 Å². The highest BCUT2D eigenvalue weighted by Gasteiger charge is 2.34. The lowest BCUT2D eigenvalue weighted by Gasteiger charge is -2.20. The highest BCUT2D eigenvalue weighted by Crippen LogP contribution is 2.17. The monoisotopic (exact) mass is 190 g/mol. The predicted molar refractivity (Wildman–Crippen MR) is 42.3 cm³/mol. The van der Waals surface area contributed by atoms with Gasteiger partial charge in [-0.2, -0.15) is 0 Å². The van der Waals surface area contributed by atoms with Crippen LogP contribution in [0.25, 0.3) is 0 Å². The molecule has 0 saturated carbocycles. The van der Waals surface area contributed by atoms with E-state index in [1.807, 2.05) is 0 Å². The van der Waals surface area contributed by atoms with Crippen molar-refractivity contribution in [2.45, 2.75) is 24.4 Å². The van der Waals surface area contributed by atoms with Crippen molar-refractivity contribution in [3.05, 3.63) is 0 Å². The van der Waals surface area contributed by atoms with E-state index in [-0.39, 0.29) is 12.2 Å². The van der Waals surface area contributed by atoms with Gasteiger partial charge < -0.3 is 24.4 Å². The molecule has 2 fully saturated rings. The lowest BCUT2D eigenvalue weighted by atomic mass is 10.2. The van der Waals surface area contributed by atoms with Gasteiger partial charge in [0.15, 0.2) is 0 Å². The first-order chi connectivity index (χ1) is 6.27. The van der Waals surface area contributed by atoms with E-state index in [1.165, 1.54) is 0 Å². The third-order valence-corrected chi connectivity index (χ3v) is 2.35. The zero-order valence-electron chi connectivity index (χ0n) is 7.26. The van der Waals surface area contributed by atoms with Crippen LogP contribution in [0.1, 0.15) is 0 Å². The van der Waals surface area contributed by atoms with Crippen LogP contribution >= 0.6 is 0 Å². The lowest BCUT2D eigenvalue weighted by Crippen LogP contribution is -2.36. The van der Waals surface area contributed by atoms with Gasteiger partial charge in [0.05, 0.1) is 26.4 Å². The maximum Gasteiger partial charge on any atom is 0.110 e. The summed E-state index contributed by atoms with van der Waals surface area (Å²) in [4.78, 5) is 0. The first kappa shape index (κ1) is 9.36. The molecule has 2 N–H and O–H groups in total. The van der Waals surface area contributed by atoms with Crippen molar-refractivity contribution in [1.29, 1.82) is 0 Å². The third-order valence-electron chi connectivity index (χ3n) is 2.35. The van der Waals surface area contributed by atoms with E-state index in [1.54, 1.807) is 0 Å². The Hall–Kier alpha value is -0.200. The highest BCUT2D eigenvalue weighted by molar-refractivity contribution is 4.81. The van der Waals surface area contributed by atoms with E-state index < -0.39 is 12.2 Å². The summed E-state index contributed by atoms with van der Waals surface area (Å²) in [6.45, 7) is 1.41. The normalized spacial score (nSPS) is 45.7. The molecule has 13 heavy (non-hydrogen) atoms. The molecule has 0 aromatic heterocycles. The molecule has 0 aliphatic carbocycles. The summed E-state index contributed by atoms with van der Waals surface area (Å²) < 4.78 is 15.5. The molecule has 2 rings (SSSR count). The van der Waals surface area contributed by atoms with E-state index in [9.17, 15) is 10.2 Å². The summed E-state index contributed by atoms with van der Waals surface area (Å²) in [7, 11) is 0. The van der Waals surface area contributed by atoms with Gasteiger partial charge in [0, 0.05) is 0 Å². The van der Waals surface area contributed by atoms with Crippen molar-refractivity contribution in [3.63, 3.8) is 0 Å². The minimum atomic E-state index is -0.576. The zero-order valence-corrected chi connectivity index (χ0v) is 7.26. The Labute approximate surface area is 76.2 Å². The van der Waals surface area contributed by atoms with Gasteiger partial charge in [-0.05, 0) is 0 Å². The molecular formula is C8H14O5. The Morgan fingerprint density at radius 2 is 1.31 bits per heavy atom. The Bertz CT molecular complexity index is 156. The Morgan fingerprint density at radius 1 is 0.846 bits per heavy atom. The van der Waals surface area contributed by atoms with Crippen LogP contribution < -0.4 is 0 Å². The van der Waals surface area contributed by atoms with Crippen molar-refractivity contribution in [2.24, 2.45) is 0 Å². The Kier molecular flexibility index (Phi) is 2.80. The first-order valence-corrected chi connectivity index (χ1v) is 4.44. The van der Waals surface area contributed by atoms with Crippen molar-refractivity contribution in [2.75, 3.05) is 26.4 Å². The molecule has 5 heteroatoms. The molecule has 4 atom stereocenters. The van der Waals surface area contributed by atoms with Crippen LogP contribution in [-0.2, 0) is 14.2 Å². The standard InChI is InChI=1S/C8H14O5/c9-5-1-11-3-7(5)13-8-4-12-2-6(8)10/h5-10H,1-4H2/t5-,6-,7+,8+/m1/s1. The lowest BCUT2D eigenvalue weighted by molar-refractivity contribution is -0.0849. The molecule has 0 spiro atoms. The van der Waals surface area contributed by atoms with Gasteiger partial charge >= 0.3 is 0 Å². The second-order valence-electron chi connectivity index (χ2n) is 3.42. The van der Waals surface area contributed by atoms with Crippen molar-refractivity contribution >= 4 is 0 Å². The summed E-state index contributed by atoms with van der Waals surface area (Å²) in [6.07, 6.45) is -1.79. The number of rotatable bonds is 2. The highest BCUT2D eigenvalue weighted by atomic mass is 16.6. The minimum Gasteiger partial charge on any atom is -0.388 e. The average molecular weight is 190 g/mol. The minimum absolute atomic E-state index is 0.314. The second-order valence-corrected chi connectivity index (χ2v) is 3.42. The first-order valence-electron chi connectivity index (χ1n) is 4.44. The van der Waals surface area contributed by atoms with Gasteiger partial charge in [0.25, 0.3) is 0 Å². The van der Waals surface area contributed by atoms with Gasteiger partial charge in [-0.1, -0.05) is 0 Å². The quantitative estimate of drug-likeness (QED) is 0.556. The topological polar surface area (TPSA) is 68.2 Å². The summed E-state index contributed by atoms with van der Waals surface area (Å²) in [5.74, 6) is 0. The predicted octanol–water partition coefficient (Wildman–Crippen LogP) is -1.48. The molecule has 0 bridgehead atoms. The largest absolute Gasteiger partial charge is 0.388 e. The number of aliphatic hydroxyl groups is 2. The molecular weight excluding hydrogens is 176 g/mol. The van der Waals surface area contributed by atoms with E-state index in [2.05, 4.69) is 0 Å². The maximum absolute atomic E-state index is 9.36. The molecule has 0 aromatic rings. The van der Waals surface area contributed by atoms with Gasteiger partial charge in [-0.25, -0.2) is 0 Å². The van der Waals surface area contributed by atoms with Crippen LogP contribution in [0.4, 0.5) is 0 Å². The number of hydrogen-bond donors (Lipinski definition) is 2. The van der Waals surface area contributed by atoms with E-state index >= 15 is 0 Å². The fourth-order valence-corrected chi connectivity index (χ4v) is 1.53. The van der Waals surface area contributed by atoms with Gasteiger partial charge in [-0.15, -0.1) is 0 Å². The van der Waals surface area contributed by atoms with Crippen molar-refractivity contribution in [3.8, 4) is 0 Å². The summed E-state index contributed by atoms with van der Waals surface area (Å²) in [6, 6.07) is 0. The molecule has 2 heterocycles. The molecule has 2 aliphatic heterocycles. The molecule has 0 radical (unpaired) electrons. The van der Waals surface area contributed by atoms with Gasteiger partial charge in [0.2, 0.25) is 0 Å². The van der Waals surface area contributed by atoms with Crippen LogP contribution in [0.2, 0.25) is 0 Å². The summed E-state index contributed by atoms with van der Waals surface area (Å²) in [5, 5.41) is 18.7. The zero-order chi connectivity index (χ0) is 9.26. The van der Waals surface area contributed by atoms with Crippen molar-refractivity contribution < 1.29 is 24.4 Å². The van der Waals surface area contributed by atoms with E-state index in [0.29, 0.717) is 26.4 Å². The molecule has 76 valence electrons. The van der Waals surface area contributed by atoms with Crippen LogP contribution in [0, 0.1) is 0 Å². The number of hydrogen-bond acceptors (Lipinski definition) is 5. The maximum atomic E-state index is 9.36.